The number of benzene rings is 1. The standard InChI is InChI=1S/C19H30N2O/c22-11-5-8-17-12-18(15-21(14-17)19-9-4-10-19)20-13-16-6-2-1-3-7-16/h1-3,6-7,17-20,22H,4-5,8-15H2. The van der Waals surface area contributed by atoms with Crippen LogP contribution in [0, 0.1) is 5.92 Å². The predicted octanol–water partition coefficient (Wildman–Crippen LogP) is 2.79. The summed E-state index contributed by atoms with van der Waals surface area (Å²) in [5.74, 6) is 0.745. The number of hydrogen-bond acceptors (Lipinski definition) is 3. The van der Waals surface area contributed by atoms with E-state index in [2.05, 4.69) is 40.5 Å². The maximum Gasteiger partial charge on any atom is 0.0431 e. The van der Waals surface area contributed by atoms with Gasteiger partial charge in [0.25, 0.3) is 0 Å². The van der Waals surface area contributed by atoms with Crippen LogP contribution in [0.5, 0.6) is 0 Å². The van der Waals surface area contributed by atoms with Gasteiger partial charge in [-0.15, -0.1) is 0 Å². The summed E-state index contributed by atoms with van der Waals surface area (Å²) in [5, 5.41) is 12.9. The van der Waals surface area contributed by atoms with E-state index in [1.54, 1.807) is 0 Å². The molecule has 1 saturated carbocycles. The van der Waals surface area contributed by atoms with Crippen molar-refractivity contribution in [2.45, 2.75) is 57.2 Å². The highest BCUT2D eigenvalue weighted by molar-refractivity contribution is 5.14. The molecule has 0 amide bonds. The molecule has 3 nitrogen and oxygen atoms in total. The van der Waals surface area contributed by atoms with E-state index < -0.39 is 0 Å². The number of nitrogens with zero attached hydrogens (tertiary/aromatic N) is 1. The third-order valence-electron chi connectivity index (χ3n) is 5.36. The van der Waals surface area contributed by atoms with E-state index in [0.717, 1.165) is 24.9 Å². The summed E-state index contributed by atoms with van der Waals surface area (Å²) in [6.45, 7) is 3.75. The molecule has 1 heterocycles. The van der Waals surface area contributed by atoms with Gasteiger partial charge in [0.05, 0.1) is 0 Å². The van der Waals surface area contributed by atoms with Gasteiger partial charge >= 0.3 is 0 Å². The largest absolute Gasteiger partial charge is 0.396 e. The summed E-state index contributed by atoms with van der Waals surface area (Å²) >= 11 is 0. The fourth-order valence-corrected chi connectivity index (χ4v) is 3.89. The molecule has 1 aromatic carbocycles. The maximum atomic E-state index is 9.12. The molecule has 122 valence electrons. The summed E-state index contributed by atoms with van der Waals surface area (Å²) in [4.78, 5) is 2.72. The number of piperidine rings is 1. The Morgan fingerprint density at radius 1 is 1.14 bits per heavy atom. The molecule has 0 spiro atoms. The Bertz CT molecular complexity index is 432. The first kappa shape index (κ1) is 16.0. The van der Waals surface area contributed by atoms with Gasteiger partial charge in [0, 0.05) is 38.3 Å². The number of rotatable bonds is 7. The quantitative estimate of drug-likeness (QED) is 0.813. The minimum Gasteiger partial charge on any atom is -0.396 e. The van der Waals surface area contributed by atoms with Crippen molar-refractivity contribution in [3.8, 4) is 0 Å². The van der Waals surface area contributed by atoms with E-state index in [9.17, 15) is 0 Å². The second-order valence-electron chi connectivity index (χ2n) is 7.07. The summed E-state index contributed by atoms with van der Waals surface area (Å²) in [6, 6.07) is 12.1. The van der Waals surface area contributed by atoms with Crippen LogP contribution >= 0.6 is 0 Å². The monoisotopic (exact) mass is 302 g/mol. The first-order valence-corrected chi connectivity index (χ1v) is 8.97. The van der Waals surface area contributed by atoms with Crippen molar-refractivity contribution in [3.05, 3.63) is 35.9 Å². The Morgan fingerprint density at radius 2 is 1.95 bits per heavy atom. The molecule has 22 heavy (non-hydrogen) atoms. The van der Waals surface area contributed by atoms with Crippen LogP contribution in [-0.4, -0.2) is 41.8 Å². The normalized spacial score (nSPS) is 26.8. The zero-order valence-corrected chi connectivity index (χ0v) is 13.6. The topological polar surface area (TPSA) is 35.5 Å². The number of likely N-dealkylation sites (tertiary alicyclic amines) is 1. The third kappa shape index (κ3) is 4.31. The molecule has 2 unspecified atom stereocenters. The third-order valence-corrected chi connectivity index (χ3v) is 5.36. The Balaban J connectivity index is 1.54. The lowest BCUT2D eigenvalue weighted by atomic mass is 9.85. The van der Waals surface area contributed by atoms with Crippen LogP contribution in [-0.2, 0) is 6.54 Å². The van der Waals surface area contributed by atoms with Gasteiger partial charge in [-0.1, -0.05) is 36.8 Å². The molecular formula is C19H30N2O. The van der Waals surface area contributed by atoms with E-state index in [-0.39, 0.29) is 0 Å². The van der Waals surface area contributed by atoms with Crippen LogP contribution in [0.25, 0.3) is 0 Å². The Morgan fingerprint density at radius 3 is 2.64 bits per heavy atom. The number of nitrogens with one attached hydrogen (secondary N) is 1. The Hall–Kier alpha value is -0.900. The second kappa shape index (κ2) is 8.09. The minimum atomic E-state index is 0.335. The van der Waals surface area contributed by atoms with Crippen molar-refractivity contribution < 1.29 is 5.11 Å². The molecule has 3 heteroatoms. The molecule has 2 aliphatic rings. The first-order chi connectivity index (χ1) is 10.8. The van der Waals surface area contributed by atoms with Crippen molar-refractivity contribution >= 4 is 0 Å². The molecule has 1 aliphatic heterocycles. The first-order valence-electron chi connectivity index (χ1n) is 8.97. The van der Waals surface area contributed by atoms with E-state index in [0.29, 0.717) is 12.6 Å². The van der Waals surface area contributed by atoms with E-state index in [1.807, 2.05) is 0 Å². The zero-order chi connectivity index (χ0) is 15.2. The van der Waals surface area contributed by atoms with Crippen LogP contribution in [0.2, 0.25) is 0 Å². The van der Waals surface area contributed by atoms with Crippen LogP contribution in [0.1, 0.15) is 44.1 Å². The number of hydrogen-bond donors (Lipinski definition) is 2. The van der Waals surface area contributed by atoms with Gasteiger partial charge in [-0.3, -0.25) is 4.90 Å². The second-order valence-corrected chi connectivity index (χ2v) is 7.07. The fourth-order valence-electron chi connectivity index (χ4n) is 3.89. The van der Waals surface area contributed by atoms with Crippen LogP contribution < -0.4 is 5.32 Å². The Labute approximate surface area is 134 Å². The predicted molar refractivity (Wildman–Crippen MR) is 90.7 cm³/mol. The molecule has 0 radical (unpaired) electrons. The molecule has 2 fully saturated rings. The SMILES string of the molecule is OCCCC1CC(NCc2ccccc2)CN(C2CCC2)C1. The number of aliphatic hydroxyl groups excluding tert-OH is 1. The van der Waals surface area contributed by atoms with Gasteiger partial charge in [-0.25, -0.2) is 0 Å². The van der Waals surface area contributed by atoms with Crippen LogP contribution in [0.4, 0.5) is 0 Å². The van der Waals surface area contributed by atoms with Crippen molar-refractivity contribution in [2.75, 3.05) is 19.7 Å². The molecule has 0 bridgehead atoms. The van der Waals surface area contributed by atoms with Gasteiger partial charge in [-0.2, -0.15) is 0 Å². The van der Waals surface area contributed by atoms with Crippen molar-refractivity contribution in [3.63, 3.8) is 0 Å². The summed E-state index contributed by atoms with van der Waals surface area (Å²) in [6.07, 6.45) is 7.56. The average Bonchev–Trinajstić information content (AvgIpc) is 2.50. The van der Waals surface area contributed by atoms with Gasteiger partial charge in [0.2, 0.25) is 0 Å². The number of aliphatic hydroxyl groups is 1. The highest BCUT2D eigenvalue weighted by Crippen LogP contribution is 2.30. The van der Waals surface area contributed by atoms with Crippen molar-refractivity contribution in [2.24, 2.45) is 5.92 Å². The lowest BCUT2D eigenvalue weighted by molar-refractivity contribution is 0.0538. The van der Waals surface area contributed by atoms with Crippen molar-refractivity contribution in [1.82, 2.24) is 10.2 Å². The highest BCUT2D eigenvalue weighted by atomic mass is 16.2. The van der Waals surface area contributed by atoms with E-state index in [4.69, 9.17) is 5.11 Å². The van der Waals surface area contributed by atoms with E-state index in [1.165, 1.54) is 50.8 Å². The zero-order valence-electron chi connectivity index (χ0n) is 13.6. The maximum absolute atomic E-state index is 9.12. The summed E-state index contributed by atoms with van der Waals surface area (Å²) < 4.78 is 0. The lowest BCUT2D eigenvalue weighted by Gasteiger charge is -2.45. The molecule has 1 aromatic rings. The van der Waals surface area contributed by atoms with Gasteiger partial charge in [0.15, 0.2) is 0 Å². The van der Waals surface area contributed by atoms with Gasteiger partial charge in [0.1, 0.15) is 0 Å². The smallest absolute Gasteiger partial charge is 0.0431 e. The fraction of sp³-hybridized carbons (Fsp3) is 0.684. The lowest BCUT2D eigenvalue weighted by Crippen LogP contribution is -2.54. The molecule has 1 saturated heterocycles. The molecule has 2 N–H and O–H groups in total. The van der Waals surface area contributed by atoms with Crippen molar-refractivity contribution in [1.29, 1.82) is 0 Å². The minimum absolute atomic E-state index is 0.335. The average molecular weight is 302 g/mol. The highest BCUT2D eigenvalue weighted by Gasteiger charge is 2.33. The van der Waals surface area contributed by atoms with Crippen LogP contribution in [0.15, 0.2) is 30.3 Å². The molecule has 1 aliphatic carbocycles. The summed E-state index contributed by atoms with van der Waals surface area (Å²) in [7, 11) is 0. The molecule has 3 rings (SSSR count). The van der Waals surface area contributed by atoms with Gasteiger partial charge < -0.3 is 10.4 Å². The van der Waals surface area contributed by atoms with Gasteiger partial charge in [-0.05, 0) is 43.6 Å². The Kier molecular flexibility index (Phi) is 5.88. The summed E-state index contributed by atoms with van der Waals surface area (Å²) in [5.41, 5.74) is 1.37. The molecule has 0 aromatic heterocycles. The van der Waals surface area contributed by atoms with Crippen LogP contribution in [0.3, 0.4) is 0 Å². The molecule has 2 atom stereocenters. The molecular weight excluding hydrogens is 272 g/mol. The van der Waals surface area contributed by atoms with E-state index >= 15 is 0 Å².